The number of carbonyl (C=O) groups excluding carboxylic acids is 1. The van der Waals surface area contributed by atoms with E-state index in [0.29, 0.717) is 13.2 Å². The van der Waals surface area contributed by atoms with E-state index in [4.69, 9.17) is 4.74 Å². The van der Waals surface area contributed by atoms with Crippen LogP contribution in [0, 0.1) is 0 Å². The van der Waals surface area contributed by atoms with Crippen LogP contribution in [-0.4, -0.2) is 64.0 Å². The summed E-state index contributed by atoms with van der Waals surface area (Å²) in [5.74, 6) is 0.173. The molecule has 1 fully saturated rings. The van der Waals surface area contributed by atoms with Gasteiger partial charge in [0.05, 0.1) is 25.3 Å². The fraction of sp³-hybridized carbons (Fsp3) is 0.500. The van der Waals surface area contributed by atoms with Crippen LogP contribution in [0.3, 0.4) is 0 Å². The first-order chi connectivity index (χ1) is 12.2. The summed E-state index contributed by atoms with van der Waals surface area (Å²) in [6, 6.07) is 8.02. The number of hydrogen-bond donors (Lipinski definition) is 0. The molecule has 0 spiro atoms. The lowest BCUT2D eigenvalue weighted by molar-refractivity contribution is -0.126. The molecule has 1 amide bonds. The smallest absolute Gasteiger partial charge is 0.244 e. The molecular formula is C18H23N5O2. The molecular weight excluding hydrogens is 318 g/mol. The van der Waals surface area contributed by atoms with Crippen LogP contribution in [0.5, 0.6) is 0 Å². The molecule has 25 heavy (non-hydrogen) atoms. The first kappa shape index (κ1) is 16.2. The van der Waals surface area contributed by atoms with E-state index in [1.54, 1.807) is 11.0 Å². The largest absolute Gasteiger partial charge is 0.374 e. The van der Waals surface area contributed by atoms with Gasteiger partial charge in [-0.2, -0.15) is 5.10 Å². The van der Waals surface area contributed by atoms with Crippen molar-refractivity contribution in [2.24, 2.45) is 0 Å². The zero-order valence-corrected chi connectivity index (χ0v) is 14.4. The second-order valence-electron chi connectivity index (χ2n) is 6.65. The van der Waals surface area contributed by atoms with Crippen molar-refractivity contribution in [2.45, 2.75) is 32.0 Å². The normalized spacial score (nSPS) is 22.0. The monoisotopic (exact) mass is 341 g/mol. The van der Waals surface area contributed by atoms with Crippen molar-refractivity contribution < 1.29 is 9.53 Å². The fourth-order valence-corrected chi connectivity index (χ4v) is 3.69. The first-order valence-corrected chi connectivity index (χ1v) is 8.80. The zero-order chi connectivity index (χ0) is 17.2. The van der Waals surface area contributed by atoms with Gasteiger partial charge in [0.15, 0.2) is 0 Å². The Morgan fingerprint density at radius 2 is 2.24 bits per heavy atom. The highest BCUT2D eigenvalue weighted by Gasteiger charge is 2.33. The van der Waals surface area contributed by atoms with E-state index in [0.717, 1.165) is 31.7 Å². The number of anilines is 1. The summed E-state index contributed by atoms with van der Waals surface area (Å²) >= 11 is 0. The highest BCUT2D eigenvalue weighted by atomic mass is 16.5. The third-order valence-electron chi connectivity index (χ3n) is 5.09. The SMILES string of the molecule is C[C@H](C(=O)N1CCc2ccccc21)N1CCO[C@H](Cn2cncn2)C1. The maximum Gasteiger partial charge on any atom is 0.244 e. The van der Waals surface area contributed by atoms with Crippen LogP contribution in [0.25, 0.3) is 0 Å². The number of carbonyl (C=O) groups is 1. The zero-order valence-electron chi connectivity index (χ0n) is 14.4. The van der Waals surface area contributed by atoms with Gasteiger partial charge in [-0.25, -0.2) is 4.98 Å². The van der Waals surface area contributed by atoms with Crippen molar-refractivity contribution in [3.8, 4) is 0 Å². The number of amides is 1. The number of benzene rings is 1. The lowest BCUT2D eigenvalue weighted by Crippen LogP contribution is -2.53. The van der Waals surface area contributed by atoms with Crippen LogP contribution in [0.4, 0.5) is 5.69 Å². The van der Waals surface area contributed by atoms with Crippen molar-refractivity contribution >= 4 is 11.6 Å². The lowest BCUT2D eigenvalue weighted by atomic mass is 10.1. The van der Waals surface area contributed by atoms with Gasteiger partial charge in [0.2, 0.25) is 5.91 Å². The van der Waals surface area contributed by atoms with E-state index in [1.165, 1.54) is 11.9 Å². The van der Waals surface area contributed by atoms with Gasteiger partial charge in [0.1, 0.15) is 12.7 Å². The van der Waals surface area contributed by atoms with Gasteiger partial charge < -0.3 is 9.64 Å². The summed E-state index contributed by atoms with van der Waals surface area (Å²) in [6.07, 6.45) is 4.18. The number of aromatic nitrogens is 3. The molecule has 0 bridgehead atoms. The molecule has 132 valence electrons. The van der Waals surface area contributed by atoms with Crippen molar-refractivity contribution in [3.05, 3.63) is 42.5 Å². The Kier molecular flexibility index (Phi) is 4.50. The van der Waals surface area contributed by atoms with Gasteiger partial charge in [-0.15, -0.1) is 0 Å². The fourth-order valence-electron chi connectivity index (χ4n) is 3.69. The van der Waals surface area contributed by atoms with E-state index in [2.05, 4.69) is 21.0 Å². The lowest BCUT2D eigenvalue weighted by Gasteiger charge is -2.37. The molecule has 1 saturated heterocycles. The molecule has 0 aliphatic carbocycles. The number of para-hydroxylation sites is 1. The Balaban J connectivity index is 1.42. The predicted octanol–water partition coefficient (Wildman–Crippen LogP) is 0.957. The van der Waals surface area contributed by atoms with E-state index in [9.17, 15) is 4.79 Å². The van der Waals surface area contributed by atoms with Crippen LogP contribution in [0.2, 0.25) is 0 Å². The molecule has 2 aromatic rings. The van der Waals surface area contributed by atoms with Crippen LogP contribution in [0.1, 0.15) is 12.5 Å². The van der Waals surface area contributed by atoms with E-state index in [-0.39, 0.29) is 18.1 Å². The number of morpholine rings is 1. The van der Waals surface area contributed by atoms with Crippen molar-refractivity contribution in [2.75, 3.05) is 31.1 Å². The molecule has 7 heteroatoms. The molecule has 0 N–H and O–H groups in total. The summed E-state index contributed by atoms with van der Waals surface area (Å²) in [7, 11) is 0. The molecule has 1 aromatic carbocycles. The van der Waals surface area contributed by atoms with Gasteiger partial charge in [0, 0.05) is 25.3 Å². The predicted molar refractivity (Wildman–Crippen MR) is 93.3 cm³/mol. The third kappa shape index (κ3) is 3.29. The standard InChI is InChI=1S/C18H23N5O2/c1-14(18(24)23-7-6-15-4-2-3-5-17(15)23)21-8-9-25-16(10-21)11-22-13-19-12-20-22/h2-5,12-14,16H,6-11H2,1H3/t14-,16+/m1/s1. The second-order valence-corrected chi connectivity index (χ2v) is 6.65. The number of nitrogens with zero attached hydrogens (tertiary/aromatic N) is 5. The van der Waals surface area contributed by atoms with E-state index >= 15 is 0 Å². The quantitative estimate of drug-likeness (QED) is 0.829. The molecule has 4 rings (SSSR count). The Bertz CT molecular complexity index is 733. The highest BCUT2D eigenvalue weighted by Crippen LogP contribution is 2.28. The average molecular weight is 341 g/mol. The van der Waals surface area contributed by atoms with Gasteiger partial charge in [-0.3, -0.25) is 14.4 Å². The van der Waals surface area contributed by atoms with Gasteiger partial charge in [-0.1, -0.05) is 18.2 Å². The molecule has 3 heterocycles. The van der Waals surface area contributed by atoms with Gasteiger partial charge in [-0.05, 0) is 25.0 Å². The van der Waals surface area contributed by atoms with Crippen molar-refractivity contribution in [3.63, 3.8) is 0 Å². The maximum atomic E-state index is 13.0. The molecule has 2 atom stereocenters. The molecule has 2 aliphatic rings. The number of ether oxygens (including phenoxy) is 1. The summed E-state index contributed by atoms with van der Waals surface area (Å²) in [4.78, 5) is 21.2. The molecule has 7 nitrogen and oxygen atoms in total. The van der Waals surface area contributed by atoms with Crippen LogP contribution < -0.4 is 4.90 Å². The molecule has 0 unspecified atom stereocenters. The van der Waals surface area contributed by atoms with Crippen LogP contribution in [-0.2, 0) is 22.5 Å². The topological polar surface area (TPSA) is 63.5 Å². The Morgan fingerprint density at radius 1 is 1.36 bits per heavy atom. The average Bonchev–Trinajstić information content (AvgIpc) is 3.30. The summed E-state index contributed by atoms with van der Waals surface area (Å²) in [6.45, 7) is 5.56. The van der Waals surface area contributed by atoms with Crippen LogP contribution in [0.15, 0.2) is 36.9 Å². The highest BCUT2D eigenvalue weighted by molar-refractivity contribution is 5.98. The number of rotatable bonds is 4. The number of fused-ring (bicyclic) bond motifs is 1. The van der Waals surface area contributed by atoms with E-state index in [1.807, 2.05) is 30.0 Å². The molecule has 0 radical (unpaired) electrons. The minimum absolute atomic E-state index is 0.0246. The first-order valence-electron chi connectivity index (χ1n) is 8.80. The third-order valence-corrected chi connectivity index (χ3v) is 5.09. The minimum atomic E-state index is -0.159. The summed E-state index contributed by atoms with van der Waals surface area (Å²) < 4.78 is 7.61. The maximum absolute atomic E-state index is 13.0. The van der Waals surface area contributed by atoms with Crippen molar-refractivity contribution in [1.29, 1.82) is 0 Å². The van der Waals surface area contributed by atoms with Gasteiger partial charge >= 0.3 is 0 Å². The van der Waals surface area contributed by atoms with Crippen molar-refractivity contribution in [1.82, 2.24) is 19.7 Å². The summed E-state index contributed by atoms with van der Waals surface area (Å²) in [5, 5.41) is 4.14. The van der Waals surface area contributed by atoms with E-state index < -0.39 is 0 Å². The Morgan fingerprint density at radius 3 is 3.08 bits per heavy atom. The molecule has 2 aliphatic heterocycles. The molecule has 1 aromatic heterocycles. The van der Waals surface area contributed by atoms with Gasteiger partial charge in [0.25, 0.3) is 0 Å². The Hall–Kier alpha value is -2.25. The Labute approximate surface area is 147 Å². The summed E-state index contributed by atoms with van der Waals surface area (Å²) in [5.41, 5.74) is 2.32. The minimum Gasteiger partial charge on any atom is -0.374 e. The number of hydrogen-bond acceptors (Lipinski definition) is 5. The van der Waals surface area contributed by atoms with Crippen LogP contribution >= 0.6 is 0 Å². The molecule has 0 saturated carbocycles. The second kappa shape index (κ2) is 6.93.